The summed E-state index contributed by atoms with van der Waals surface area (Å²) in [5, 5.41) is 14.0. The molecule has 1 aromatic rings. The molecule has 0 spiro atoms. The predicted octanol–water partition coefficient (Wildman–Crippen LogP) is -0.0684. The minimum atomic E-state index is -1.01. The Bertz CT molecular complexity index is 583. The molecule has 1 aliphatic heterocycles. The number of carbonyl (C=O) groups is 3. The fourth-order valence-corrected chi connectivity index (χ4v) is 2.41. The molecule has 1 aromatic carbocycles. The van der Waals surface area contributed by atoms with Crippen molar-refractivity contribution in [2.45, 2.75) is 18.4 Å². The highest BCUT2D eigenvalue weighted by Gasteiger charge is 2.38. The fraction of sp³-hybridized carbons (Fsp3) is 0.438. The standard InChI is InChI=1S/C16H20N2O6/c19-13(18-16(8-15(21)22)6-7-23-11-16)9-17-14(20)10-24-12-4-2-1-3-5-12/h1-5H,6-11H2,(H,17,20)(H,18,19)(H,21,22). The van der Waals surface area contributed by atoms with Crippen LogP contribution in [0.2, 0.25) is 0 Å². The van der Waals surface area contributed by atoms with Crippen molar-refractivity contribution in [2.24, 2.45) is 0 Å². The Morgan fingerprint density at radius 3 is 2.58 bits per heavy atom. The summed E-state index contributed by atoms with van der Waals surface area (Å²) in [6.07, 6.45) is 0.208. The highest BCUT2D eigenvalue weighted by Crippen LogP contribution is 2.22. The van der Waals surface area contributed by atoms with Crippen LogP contribution in [0.1, 0.15) is 12.8 Å². The molecule has 1 unspecified atom stereocenters. The third-order valence-corrected chi connectivity index (χ3v) is 3.56. The van der Waals surface area contributed by atoms with E-state index in [1.807, 2.05) is 6.07 Å². The molecule has 8 nitrogen and oxygen atoms in total. The topological polar surface area (TPSA) is 114 Å². The molecule has 0 bridgehead atoms. The maximum absolute atomic E-state index is 11.9. The number of hydrogen-bond donors (Lipinski definition) is 3. The molecule has 1 atom stereocenters. The number of hydrogen-bond acceptors (Lipinski definition) is 5. The quantitative estimate of drug-likeness (QED) is 0.612. The van der Waals surface area contributed by atoms with E-state index in [0.717, 1.165) is 0 Å². The van der Waals surface area contributed by atoms with Crippen LogP contribution in [-0.2, 0) is 19.1 Å². The Hall–Kier alpha value is -2.61. The Morgan fingerprint density at radius 2 is 1.96 bits per heavy atom. The SMILES string of the molecule is O=C(O)CC1(NC(=O)CNC(=O)COc2ccccc2)CCOC1. The second-order valence-corrected chi connectivity index (χ2v) is 5.58. The van der Waals surface area contributed by atoms with Gasteiger partial charge < -0.3 is 25.2 Å². The summed E-state index contributed by atoms with van der Waals surface area (Å²) in [6.45, 7) is 0.0833. The van der Waals surface area contributed by atoms with Crippen LogP contribution in [0.25, 0.3) is 0 Å². The van der Waals surface area contributed by atoms with E-state index in [2.05, 4.69) is 10.6 Å². The number of carboxylic acids is 1. The van der Waals surface area contributed by atoms with Gasteiger partial charge in [-0.05, 0) is 18.6 Å². The van der Waals surface area contributed by atoms with E-state index in [1.165, 1.54) is 0 Å². The fourth-order valence-electron chi connectivity index (χ4n) is 2.41. The smallest absolute Gasteiger partial charge is 0.305 e. The number of carbonyl (C=O) groups excluding carboxylic acids is 2. The number of ether oxygens (including phenoxy) is 2. The minimum absolute atomic E-state index is 0.149. The summed E-state index contributed by atoms with van der Waals surface area (Å²) in [7, 11) is 0. The first-order valence-electron chi connectivity index (χ1n) is 7.54. The molecule has 0 aromatic heterocycles. The lowest BCUT2D eigenvalue weighted by molar-refractivity contribution is -0.139. The van der Waals surface area contributed by atoms with Crippen LogP contribution < -0.4 is 15.4 Å². The monoisotopic (exact) mass is 336 g/mol. The van der Waals surface area contributed by atoms with Crippen LogP contribution in [0.4, 0.5) is 0 Å². The molecule has 2 amide bonds. The number of aliphatic carboxylic acids is 1. The van der Waals surface area contributed by atoms with Crippen LogP contribution in [-0.4, -0.2) is 54.8 Å². The average Bonchev–Trinajstić information content (AvgIpc) is 2.99. The van der Waals surface area contributed by atoms with Gasteiger partial charge in [-0.25, -0.2) is 0 Å². The number of carboxylic acid groups (broad SMARTS) is 1. The molecule has 1 fully saturated rings. The molecule has 8 heteroatoms. The van der Waals surface area contributed by atoms with Gasteiger partial charge in [-0.1, -0.05) is 18.2 Å². The van der Waals surface area contributed by atoms with E-state index in [1.54, 1.807) is 24.3 Å². The van der Waals surface area contributed by atoms with Crippen molar-refractivity contribution in [3.63, 3.8) is 0 Å². The van der Waals surface area contributed by atoms with Gasteiger partial charge in [0.25, 0.3) is 5.91 Å². The summed E-state index contributed by atoms with van der Waals surface area (Å²) in [5.74, 6) is -1.36. The number of para-hydroxylation sites is 1. The van der Waals surface area contributed by atoms with Crippen LogP contribution in [0, 0.1) is 0 Å². The second kappa shape index (κ2) is 8.30. The van der Waals surface area contributed by atoms with E-state index in [-0.39, 0.29) is 26.2 Å². The molecule has 1 saturated heterocycles. The Kier molecular flexibility index (Phi) is 6.14. The maximum Gasteiger partial charge on any atom is 0.305 e. The molecule has 1 aliphatic rings. The lowest BCUT2D eigenvalue weighted by Crippen LogP contribution is -2.53. The molecule has 24 heavy (non-hydrogen) atoms. The second-order valence-electron chi connectivity index (χ2n) is 5.58. The molecular weight excluding hydrogens is 316 g/mol. The number of rotatable bonds is 8. The zero-order valence-corrected chi connectivity index (χ0v) is 13.1. The van der Waals surface area contributed by atoms with Gasteiger partial charge in [0.2, 0.25) is 5.91 Å². The Labute approximate surface area is 139 Å². The number of amides is 2. The van der Waals surface area contributed by atoms with Crippen LogP contribution >= 0.6 is 0 Å². The molecule has 2 rings (SSSR count). The number of benzene rings is 1. The molecule has 0 aliphatic carbocycles. The van der Waals surface area contributed by atoms with Gasteiger partial charge >= 0.3 is 5.97 Å². The van der Waals surface area contributed by atoms with E-state index in [9.17, 15) is 14.4 Å². The summed E-state index contributed by atoms with van der Waals surface area (Å²) in [6, 6.07) is 8.83. The van der Waals surface area contributed by atoms with Crippen LogP contribution in [0.15, 0.2) is 30.3 Å². The van der Waals surface area contributed by atoms with Gasteiger partial charge in [0.15, 0.2) is 6.61 Å². The lowest BCUT2D eigenvalue weighted by Gasteiger charge is -2.27. The average molecular weight is 336 g/mol. The van der Waals surface area contributed by atoms with Crippen molar-refractivity contribution >= 4 is 17.8 Å². The largest absolute Gasteiger partial charge is 0.484 e. The molecule has 1 heterocycles. The lowest BCUT2D eigenvalue weighted by atomic mass is 9.94. The minimum Gasteiger partial charge on any atom is -0.484 e. The molecule has 0 saturated carbocycles. The Morgan fingerprint density at radius 1 is 1.21 bits per heavy atom. The predicted molar refractivity (Wildman–Crippen MR) is 83.5 cm³/mol. The normalized spacial score (nSPS) is 19.5. The summed E-state index contributed by atoms with van der Waals surface area (Å²) in [5.41, 5.74) is -0.909. The van der Waals surface area contributed by atoms with Gasteiger partial charge in [-0.3, -0.25) is 14.4 Å². The van der Waals surface area contributed by atoms with E-state index < -0.39 is 23.3 Å². The van der Waals surface area contributed by atoms with Gasteiger partial charge in [-0.15, -0.1) is 0 Å². The summed E-state index contributed by atoms with van der Waals surface area (Å²) < 4.78 is 10.5. The molecule has 130 valence electrons. The van der Waals surface area contributed by atoms with E-state index in [0.29, 0.717) is 18.8 Å². The van der Waals surface area contributed by atoms with Crippen molar-refractivity contribution in [3.05, 3.63) is 30.3 Å². The molecule has 3 N–H and O–H groups in total. The molecule has 0 radical (unpaired) electrons. The first-order valence-corrected chi connectivity index (χ1v) is 7.54. The van der Waals surface area contributed by atoms with E-state index in [4.69, 9.17) is 14.6 Å². The first-order chi connectivity index (χ1) is 11.5. The van der Waals surface area contributed by atoms with Gasteiger partial charge in [0.1, 0.15) is 5.75 Å². The van der Waals surface area contributed by atoms with Crippen molar-refractivity contribution < 1.29 is 29.0 Å². The summed E-state index contributed by atoms with van der Waals surface area (Å²) in [4.78, 5) is 34.6. The third-order valence-electron chi connectivity index (χ3n) is 3.56. The summed E-state index contributed by atoms with van der Waals surface area (Å²) >= 11 is 0. The zero-order valence-electron chi connectivity index (χ0n) is 13.1. The van der Waals surface area contributed by atoms with Gasteiger partial charge in [0.05, 0.1) is 25.1 Å². The first kappa shape index (κ1) is 17.7. The maximum atomic E-state index is 11.9. The van der Waals surface area contributed by atoms with Crippen LogP contribution in [0.5, 0.6) is 5.75 Å². The van der Waals surface area contributed by atoms with E-state index >= 15 is 0 Å². The van der Waals surface area contributed by atoms with Crippen molar-refractivity contribution in [2.75, 3.05) is 26.4 Å². The highest BCUT2D eigenvalue weighted by atomic mass is 16.5. The Balaban J connectivity index is 1.73. The highest BCUT2D eigenvalue weighted by molar-refractivity contribution is 5.86. The van der Waals surface area contributed by atoms with Gasteiger partial charge in [-0.2, -0.15) is 0 Å². The van der Waals surface area contributed by atoms with Crippen molar-refractivity contribution in [1.82, 2.24) is 10.6 Å². The molecular formula is C16H20N2O6. The van der Waals surface area contributed by atoms with Gasteiger partial charge in [0, 0.05) is 6.61 Å². The van der Waals surface area contributed by atoms with Crippen molar-refractivity contribution in [1.29, 1.82) is 0 Å². The zero-order chi connectivity index (χ0) is 17.4. The number of nitrogens with one attached hydrogen (secondary N) is 2. The van der Waals surface area contributed by atoms with Crippen LogP contribution in [0.3, 0.4) is 0 Å². The van der Waals surface area contributed by atoms with Crippen molar-refractivity contribution in [3.8, 4) is 5.75 Å². The third kappa shape index (κ3) is 5.54.